The molecule has 0 radical (unpaired) electrons. The number of aromatic carboxylic acids is 1. The molecule has 1 N–H and O–H groups in total. The van der Waals surface area contributed by atoms with Gasteiger partial charge in [0.05, 0.1) is 13.7 Å². The first kappa shape index (κ1) is 11.2. The first-order valence-corrected chi connectivity index (χ1v) is 5.09. The van der Waals surface area contributed by atoms with Crippen molar-refractivity contribution in [1.29, 1.82) is 0 Å². The van der Waals surface area contributed by atoms with Crippen molar-refractivity contribution in [3.63, 3.8) is 0 Å². The van der Waals surface area contributed by atoms with E-state index in [1.165, 1.54) is 6.07 Å². The number of carboxylic acids is 1. The molecule has 5 nitrogen and oxygen atoms in total. The lowest BCUT2D eigenvalue weighted by Gasteiger charge is -2.03. The van der Waals surface area contributed by atoms with E-state index in [0.29, 0.717) is 6.54 Å². The average molecular weight is 232 g/mol. The van der Waals surface area contributed by atoms with Crippen molar-refractivity contribution in [2.24, 2.45) is 0 Å². The second kappa shape index (κ2) is 4.69. The van der Waals surface area contributed by atoms with Crippen LogP contribution >= 0.6 is 0 Å². The number of carboxylic acid groups (broad SMARTS) is 1. The minimum absolute atomic E-state index is 0.0542. The zero-order chi connectivity index (χ0) is 12.3. The summed E-state index contributed by atoms with van der Waals surface area (Å²) in [5, 5.41) is 12.7. The van der Waals surface area contributed by atoms with E-state index in [4.69, 9.17) is 9.84 Å². The van der Waals surface area contributed by atoms with Crippen molar-refractivity contribution < 1.29 is 14.6 Å². The number of ether oxygens (including phenoxy) is 1. The maximum Gasteiger partial charge on any atom is 0.356 e. The van der Waals surface area contributed by atoms with Crippen molar-refractivity contribution in [1.82, 2.24) is 9.78 Å². The fraction of sp³-hybridized carbons (Fsp3) is 0.167. The molecule has 0 bridgehead atoms. The Bertz CT molecular complexity index is 517. The lowest BCUT2D eigenvalue weighted by atomic mass is 10.2. The first-order valence-electron chi connectivity index (χ1n) is 5.09. The molecule has 2 rings (SSSR count). The first-order chi connectivity index (χ1) is 8.19. The van der Waals surface area contributed by atoms with Gasteiger partial charge in [-0.2, -0.15) is 5.10 Å². The van der Waals surface area contributed by atoms with Gasteiger partial charge in [-0.25, -0.2) is 4.79 Å². The van der Waals surface area contributed by atoms with Gasteiger partial charge < -0.3 is 9.84 Å². The van der Waals surface area contributed by atoms with Gasteiger partial charge in [0.1, 0.15) is 5.75 Å². The van der Waals surface area contributed by atoms with Crippen molar-refractivity contribution in [3.8, 4) is 5.75 Å². The molecule has 0 atom stereocenters. The molecule has 2 aromatic rings. The number of carbonyl (C=O) groups is 1. The fourth-order valence-corrected chi connectivity index (χ4v) is 1.48. The van der Waals surface area contributed by atoms with Crippen molar-refractivity contribution in [2.45, 2.75) is 6.54 Å². The molecule has 0 saturated heterocycles. The predicted octanol–water partition coefficient (Wildman–Crippen LogP) is 1.64. The van der Waals surface area contributed by atoms with Gasteiger partial charge in [-0.05, 0) is 23.8 Å². The summed E-state index contributed by atoms with van der Waals surface area (Å²) >= 11 is 0. The van der Waals surface area contributed by atoms with Crippen LogP contribution in [-0.4, -0.2) is 28.0 Å². The average Bonchev–Trinajstić information content (AvgIpc) is 2.79. The van der Waals surface area contributed by atoms with Gasteiger partial charge >= 0.3 is 5.97 Å². The number of hydrogen-bond acceptors (Lipinski definition) is 3. The molecular weight excluding hydrogens is 220 g/mol. The van der Waals surface area contributed by atoms with Crippen LogP contribution in [0.4, 0.5) is 0 Å². The Morgan fingerprint density at radius 3 is 2.59 bits per heavy atom. The molecule has 0 saturated carbocycles. The molecule has 17 heavy (non-hydrogen) atoms. The van der Waals surface area contributed by atoms with E-state index in [9.17, 15) is 4.79 Å². The minimum atomic E-state index is -1.02. The molecule has 0 unspecified atom stereocenters. The van der Waals surface area contributed by atoms with Crippen LogP contribution in [0.3, 0.4) is 0 Å². The summed E-state index contributed by atoms with van der Waals surface area (Å²) in [5.41, 5.74) is 1.09. The summed E-state index contributed by atoms with van der Waals surface area (Å²) in [6.45, 7) is 0.539. The number of methoxy groups -OCH3 is 1. The zero-order valence-electron chi connectivity index (χ0n) is 9.33. The third-order valence-electron chi connectivity index (χ3n) is 2.36. The van der Waals surface area contributed by atoms with Gasteiger partial charge in [0, 0.05) is 6.20 Å². The molecule has 5 heteroatoms. The molecule has 0 fully saturated rings. The predicted molar refractivity (Wildman–Crippen MR) is 61.3 cm³/mol. The Labute approximate surface area is 98.3 Å². The van der Waals surface area contributed by atoms with Crippen LogP contribution in [0.2, 0.25) is 0 Å². The number of aromatic nitrogens is 2. The van der Waals surface area contributed by atoms with Gasteiger partial charge in [-0.1, -0.05) is 12.1 Å². The van der Waals surface area contributed by atoms with E-state index in [0.717, 1.165) is 11.3 Å². The zero-order valence-corrected chi connectivity index (χ0v) is 9.33. The number of hydrogen-bond donors (Lipinski definition) is 1. The van der Waals surface area contributed by atoms with Crippen LogP contribution in [0.1, 0.15) is 16.1 Å². The highest BCUT2D eigenvalue weighted by Crippen LogP contribution is 2.12. The van der Waals surface area contributed by atoms with E-state index < -0.39 is 5.97 Å². The minimum Gasteiger partial charge on any atom is -0.497 e. The van der Waals surface area contributed by atoms with E-state index >= 15 is 0 Å². The molecule has 88 valence electrons. The Hall–Kier alpha value is -2.30. The largest absolute Gasteiger partial charge is 0.497 e. The van der Waals surface area contributed by atoms with Crippen molar-refractivity contribution in [3.05, 3.63) is 47.8 Å². The normalized spacial score (nSPS) is 10.2. The summed E-state index contributed by atoms with van der Waals surface area (Å²) in [7, 11) is 1.61. The van der Waals surface area contributed by atoms with Crippen LogP contribution in [0.25, 0.3) is 0 Å². The topological polar surface area (TPSA) is 64.3 Å². The van der Waals surface area contributed by atoms with Gasteiger partial charge in [0.2, 0.25) is 0 Å². The summed E-state index contributed by atoms with van der Waals surface area (Å²) in [4.78, 5) is 10.7. The molecule has 1 aromatic carbocycles. The van der Waals surface area contributed by atoms with E-state index in [1.807, 2.05) is 24.3 Å². The van der Waals surface area contributed by atoms with E-state index in [1.54, 1.807) is 18.0 Å². The summed E-state index contributed by atoms with van der Waals surface area (Å²) in [6.07, 6.45) is 1.65. The molecule has 0 amide bonds. The lowest BCUT2D eigenvalue weighted by molar-refractivity contribution is 0.0689. The third kappa shape index (κ3) is 2.63. The molecule has 0 aliphatic carbocycles. The van der Waals surface area contributed by atoms with Gasteiger partial charge in [0.25, 0.3) is 0 Å². The number of rotatable bonds is 4. The summed E-state index contributed by atoms with van der Waals surface area (Å²) in [5.74, 6) is -0.223. The van der Waals surface area contributed by atoms with Gasteiger partial charge in [-0.15, -0.1) is 0 Å². The summed E-state index contributed by atoms with van der Waals surface area (Å²) < 4.78 is 6.64. The van der Waals surface area contributed by atoms with Crippen molar-refractivity contribution >= 4 is 5.97 Å². The molecule has 0 aliphatic rings. The highest BCUT2D eigenvalue weighted by molar-refractivity contribution is 5.85. The SMILES string of the molecule is COc1ccc(Cn2ccc(C(=O)O)n2)cc1. The Balaban J connectivity index is 2.11. The quantitative estimate of drug-likeness (QED) is 0.870. The highest BCUT2D eigenvalue weighted by Gasteiger charge is 2.06. The summed E-state index contributed by atoms with van der Waals surface area (Å²) in [6, 6.07) is 9.03. The number of nitrogens with zero attached hydrogens (tertiary/aromatic N) is 2. The standard InChI is InChI=1S/C12H12N2O3/c1-17-10-4-2-9(3-5-10)8-14-7-6-11(13-14)12(15)16/h2-7H,8H2,1H3,(H,15,16). The molecule has 0 aliphatic heterocycles. The molecular formula is C12H12N2O3. The van der Waals surface area contributed by atoms with Gasteiger partial charge in [0.15, 0.2) is 5.69 Å². The van der Waals surface area contributed by atoms with Crippen LogP contribution < -0.4 is 4.74 Å². The lowest BCUT2D eigenvalue weighted by Crippen LogP contribution is -2.03. The third-order valence-corrected chi connectivity index (χ3v) is 2.36. The Morgan fingerprint density at radius 2 is 2.06 bits per heavy atom. The van der Waals surface area contributed by atoms with Gasteiger partial charge in [-0.3, -0.25) is 4.68 Å². The number of benzene rings is 1. The second-order valence-corrected chi connectivity index (χ2v) is 3.55. The molecule has 0 spiro atoms. The van der Waals surface area contributed by atoms with Crippen molar-refractivity contribution in [2.75, 3.05) is 7.11 Å². The van der Waals surface area contributed by atoms with Crippen LogP contribution in [0.5, 0.6) is 5.75 Å². The van der Waals surface area contributed by atoms with Crippen LogP contribution in [0.15, 0.2) is 36.5 Å². The Morgan fingerprint density at radius 1 is 1.35 bits per heavy atom. The maximum atomic E-state index is 10.7. The fourth-order valence-electron chi connectivity index (χ4n) is 1.48. The smallest absolute Gasteiger partial charge is 0.356 e. The second-order valence-electron chi connectivity index (χ2n) is 3.55. The Kier molecular flexibility index (Phi) is 3.09. The van der Waals surface area contributed by atoms with E-state index in [2.05, 4.69) is 5.10 Å². The van der Waals surface area contributed by atoms with Crippen LogP contribution in [-0.2, 0) is 6.54 Å². The maximum absolute atomic E-state index is 10.7. The highest BCUT2D eigenvalue weighted by atomic mass is 16.5. The van der Waals surface area contributed by atoms with Crippen LogP contribution in [0, 0.1) is 0 Å². The van der Waals surface area contributed by atoms with E-state index in [-0.39, 0.29) is 5.69 Å². The molecule has 1 aromatic heterocycles. The molecule has 1 heterocycles. The monoisotopic (exact) mass is 232 g/mol.